The Morgan fingerprint density at radius 3 is 3.00 bits per heavy atom. The Morgan fingerprint density at radius 1 is 1.53 bits per heavy atom. The van der Waals surface area contributed by atoms with Gasteiger partial charge in [-0.15, -0.1) is 0 Å². The summed E-state index contributed by atoms with van der Waals surface area (Å²) in [6, 6.07) is 7.33. The standard InChI is InChI=1S/C13H17ClN2O/c1-9(10-4-2-5-11(14)8-10)16-7-3-6-12(15)13(16)17/h2,4-5,8-9,12H,3,6-7,15H2,1H3. The highest BCUT2D eigenvalue weighted by molar-refractivity contribution is 6.30. The Kier molecular flexibility index (Phi) is 3.69. The SMILES string of the molecule is CC(c1cccc(Cl)c1)N1CCCC(N)C1=O. The first kappa shape index (κ1) is 12.4. The van der Waals surface area contributed by atoms with Crippen LogP contribution in [0.5, 0.6) is 0 Å². The number of rotatable bonds is 2. The number of amides is 1. The van der Waals surface area contributed by atoms with Gasteiger partial charge in [0.1, 0.15) is 0 Å². The molecule has 0 aliphatic carbocycles. The normalized spacial score (nSPS) is 22.6. The van der Waals surface area contributed by atoms with Gasteiger partial charge in [0.15, 0.2) is 0 Å². The van der Waals surface area contributed by atoms with Crippen LogP contribution in [0.15, 0.2) is 24.3 Å². The third kappa shape index (κ3) is 2.61. The van der Waals surface area contributed by atoms with Gasteiger partial charge in [-0.3, -0.25) is 4.79 Å². The van der Waals surface area contributed by atoms with E-state index in [-0.39, 0.29) is 18.0 Å². The second-order valence-corrected chi connectivity index (χ2v) is 4.95. The number of nitrogens with zero attached hydrogens (tertiary/aromatic N) is 1. The molecule has 1 aliphatic heterocycles. The van der Waals surface area contributed by atoms with E-state index in [0.29, 0.717) is 5.02 Å². The molecule has 0 radical (unpaired) electrons. The number of benzene rings is 1. The third-order valence-electron chi connectivity index (χ3n) is 3.31. The molecular weight excluding hydrogens is 236 g/mol. The van der Waals surface area contributed by atoms with E-state index >= 15 is 0 Å². The van der Waals surface area contributed by atoms with Crippen molar-refractivity contribution in [2.75, 3.05) is 6.54 Å². The first-order valence-electron chi connectivity index (χ1n) is 5.91. The van der Waals surface area contributed by atoms with Crippen LogP contribution in [0.3, 0.4) is 0 Å². The summed E-state index contributed by atoms with van der Waals surface area (Å²) in [5.74, 6) is 0.0451. The number of hydrogen-bond acceptors (Lipinski definition) is 2. The summed E-state index contributed by atoms with van der Waals surface area (Å²) in [5, 5.41) is 0.697. The van der Waals surface area contributed by atoms with Crippen molar-refractivity contribution in [1.29, 1.82) is 0 Å². The molecule has 17 heavy (non-hydrogen) atoms. The maximum absolute atomic E-state index is 12.0. The molecule has 2 N–H and O–H groups in total. The fraction of sp³-hybridized carbons (Fsp3) is 0.462. The molecule has 2 unspecified atom stereocenters. The van der Waals surface area contributed by atoms with Gasteiger partial charge in [-0.1, -0.05) is 23.7 Å². The smallest absolute Gasteiger partial charge is 0.239 e. The van der Waals surface area contributed by atoms with Gasteiger partial charge < -0.3 is 10.6 Å². The summed E-state index contributed by atoms with van der Waals surface area (Å²) in [7, 11) is 0. The quantitative estimate of drug-likeness (QED) is 0.878. The average Bonchev–Trinajstić information content (AvgIpc) is 2.32. The van der Waals surface area contributed by atoms with E-state index in [1.807, 2.05) is 36.1 Å². The van der Waals surface area contributed by atoms with Gasteiger partial charge in [0.25, 0.3) is 0 Å². The second-order valence-electron chi connectivity index (χ2n) is 4.51. The van der Waals surface area contributed by atoms with E-state index in [1.54, 1.807) is 0 Å². The van der Waals surface area contributed by atoms with E-state index in [2.05, 4.69) is 0 Å². The molecule has 1 amide bonds. The Balaban J connectivity index is 2.19. The summed E-state index contributed by atoms with van der Waals surface area (Å²) in [6.07, 6.45) is 1.76. The van der Waals surface area contributed by atoms with Crippen molar-refractivity contribution < 1.29 is 4.79 Å². The molecule has 1 saturated heterocycles. The third-order valence-corrected chi connectivity index (χ3v) is 3.55. The van der Waals surface area contributed by atoms with Gasteiger partial charge in [0, 0.05) is 11.6 Å². The molecule has 0 saturated carbocycles. The molecule has 3 nitrogen and oxygen atoms in total. The number of hydrogen-bond donors (Lipinski definition) is 1. The Bertz CT molecular complexity index is 422. The molecular formula is C13H17ClN2O. The van der Waals surface area contributed by atoms with Crippen LogP contribution in [0.25, 0.3) is 0 Å². The summed E-state index contributed by atoms with van der Waals surface area (Å²) in [4.78, 5) is 13.8. The Hall–Kier alpha value is -1.06. The van der Waals surface area contributed by atoms with Gasteiger partial charge >= 0.3 is 0 Å². The largest absolute Gasteiger partial charge is 0.335 e. The van der Waals surface area contributed by atoms with Gasteiger partial charge in [-0.05, 0) is 37.5 Å². The zero-order valence-electron chi connectivity index (χ0n) is 9.90. The van der Waals surface area contributed by atoms with E-state index in [0.717, 1.165) is 24.9 Å². The van der Waals surface area contributed by atoms with E-state index in [9.17, 15) is 4.79 Å². The lowest BCUT2D eigenvalue weighted by Gasteiger charge is -2.35. The minimum absolute atomic E-state index is 0.0348. The Morgan fingerprint density at radius 2 is 2.29 bits per heavy atom. The molecule has 0 spiro atoms. The summed E-state index contributed by atoms with van der Waals surface area (Å²) < 4.78 is 0. The molecule has 1 aromatic rings. The maximum Gasteiger partial charge on any atom is 0.239 e. The van der Waals surface area contributed by atoms with Crippen molar-refractivity contribution in [2.24, 2.45) is 5.73 Å². The van der Waals surface area contributed by atoms with Crippen molar-refractivity contribution in [2.45, 2.75) is 31.8 Å². The van der Waals surface area contributed by atoms with Crippen LogP contribution in [0.4, 0.5) is 0 Å². The lowest BCUT2D eigenvalue weighted by molar-refractivity contribution is -0.137. The first-order valence-corrected chi connectivity index (χ1v) is 6.29. The fourth-order valence-electron chi connectivity index (χ4n) is 2.26. The lowest BCUT2D eigenvalue weighted by atomic mass is 10.0. The van der Waals surface area contributed by atoms with Crippen LogP contribution in [0.1, 0.15) is 31.4 Å². The maximum atomic E-state index is 12.0. The molecule has 1 aromatic carbocycles. The average molecular weight is 253 g/mol. The minimum atomic E-state index is -0.342. The second kappa shape index (κ2) is 5.07. The highest BCUT2D eigenvalue weighted by Gasteiger charge is 2.29. The molecule has 2 atom stereocenters. The number of piperidine rings is 1. The van der Waals surface area contributed by atoms with Crippen molar-refractivity contribution in [3.05, 3.63) is 34.9 Å². The van der Waals surface area contributed by atoms with Gasteiger partial charge in [-0.2, -0.15) is 0 Å². The number of carbonyl (C=O) groups is 1. The predicted octanol–water partition coefficient (Wildman–Crippen LogP) is 2.35. The highest BCUT2D eigenvalue weighted by atomic mass is 35.5. The monoisotopic (exact) mass is 252 g/mol. The number of halogens is 1. The van der Waals surface area contributed by atoms with Gasteiger partial charge in [-0.25, -0.2) is 0 Å². The molecule has 0 aromatic heterocycles. The van der Waals surface area contributed by atoms with Gasteiger partial charge in [0.05, 0.1) is 12.1 Å². The van der Waals surface area contributed by atoms with Crippen molar-refractivity contribution in [3.63, 3.8) is 0 Å². The van der Waals surface area contributed by atoms with Crippen LogP contribution < -0.4 is 5.73 Å². The summed E-state index contributed by atoms with van der Waals surface area (Å²) in [5.41, 5.74) is 6.85. The number of nitrogens with two attached hydrogens (primary N) is 1. The molecule has 0 bridgehead atoms. The van der Waals surface area contributed by atoms with Crippen molar-refractivity contribution in [1.82, 2.24) is 4.90 Å². The van der Waals surface area contributed by atoms with Crippen LogP contribution >= 0.6 is 11.6 Å². The van der Waals surface area contributed by atoms with Gasteiger partial charge in [0.2, 0.25) is 5.91 Å². The Labute approximate surface area is 107 Å². The van der Waals surface area contributed by atoms with E-state index in [1.165, 1.54) is 0 Å². The first-order chi connectivity index (χ1) is 8.09. The number of likely N-dealkylation sites (tertiary alicyclic amines) is 1. The summed E-state index contributed by atoms with van der Waals surface area (Å²) in [6.45, 7) is 2.79. The molecule has 2 rings (SSSR count). The predicted molar refractivity (Wildman–Crippen MR) is 68.8 cm³/mol. The molecule has 1 aliphatic rings. The molecule has 92 valence electrons. The summed E-state index contributed by atoms with van der Waals surface area (Å²) >= 11 is 5.96. The zero-order chi connectivity index (χ0) is 12.4. The van der Waals surface area contributed by atoms with Crippen LogP contribution in [0.2, 0.25) is 5.02 Å². The highest BCUT2D eigenvalue weighted by Crippen LogP contribution is 2.26. The molecule has 1 fully saturated rings. The number of carbonyl (C=O) groups excluding carboxylic acids is 1. The van der Waals surface area contributed by atoms with Crippen molar-refractivity contribution in [3.8, 4) is 0 Å². The van der Waals surface area contributed by atoms with Crippen molar-refractivity contribution >= 4 is 17.5 Å². The molecule has 4 heteroatoms. The van der Waals surface area contributed by atoms with Crippen LogP contribution in [-0.4, -0.2) is 23.4 Å². The van der Waals surface area contributed by atoms with Crippen LogP contribution in [0, 0.1) is 0 Å². The van der Waals surface area contributed by atoms with Crippen LogP contribution in [-0.2, 0) is 4.79 Å². The zero-order valence-corrected chi connectivity index (χ0v) is 10.7. The topological polar surface area (TPSA) is 46.3 Å². The van der Waals surface area contributed by atoms with E-state index in [4.69, 9.17) is 17.3 Å². The minimum Gasteiger partial charge on any atom is -0.335 e. The fourth-order valence-corrected chi connectivity index (χ4v) is 2.46. The van der Waals surface area contributed by atoms with E-state index < -0.39 is 0 Å². The lowest BCUT2D eigenvalue weighted by Crippen LogP contribution is -2.49. The molecule has 1 heterocycles.